The number of nitrogens with zero attached hydrogens (tertiary/aromatic N) is 2. The van der Waals surface area contributed by atoms with Crippen LogP contribution in [0.1, 0.15) is 17.3 Å². The third-order valence-corrected chi connectivity index (χ3v) is 3.13. The van der Waals surface area contributed by atoms with Crippen LogP contribution in [0.2, 0.25) is 0 Å². The molecule has 5 heteroatoms. The zero-order valence-corrected chi connectivity index (χ0v) is 11.5. The Balaban J connectivity index is 2.26. The highest BCUT2D eigenvalue weighted by Gasteiger charge is 2.14. The predicted molar refractivity (Wildman–Crippen MR) is 73.4 cm³/mol. The average Bonchev–Trinajstić information content (AvgIpc) is 2.83. The Morgan fingerprint density at radius 2 is 2.05 bits per heavy atom. The molecule has 0 aliphatic rings. The van der Waals surface area contributed by atoms with E-state index in [-0.39, 0.29) is 6.04 Å². The van der Waals surface area contributed by atoms with E-state index in [9.17, 15) is 0 Å². The van der Waals surface area contributed by atoms with Crippen molar-refractivity contribution < 1.29 is 9.47 Å². The largest absolute Gasteiger partial charge is 0.497 e. The summed E-state index contributed by atoms with van der Waals surface area (Å²) >= 11 is 0. The Bertz CT molecular complexity index is 551. The molecule has 1 aromatic carbocycles. The lowest BCUT2D eigenvalue weighted by atomic mass is 10.1. The smallest absolute Gasteiger partial charge is 0.123 e. The normalized spacial score (nSPS) is 12.2. The third-order valence-electron chi connectivity index (χ3n) is 3.13. The van der Waals surface area contributed by atoms with Crippen molar-refractivity contribution in [3.05, 3.63) is 41.7 Å². The number of rotatable bonds is 5. The van der Waals surface area contributed by atoms with E-state index in [1.807, 2.05) is 35.9 Å². The molecule has 2 N–H and O–H groups in total. The molecule has 1 atom stereocenters. The molecule has 1 unspecified atom stereocenters. The highest BCUT2D eigenvalue weighted by Crippen LogP contribution is 2.29. The summed E-state index contributed by atoms with van der Waals surface area (Å²) in [4.78, 5) is 0. The van der Waals surface area contributed by atoms with Crippen LogP contribution in [-0.4, -0.2) is 24.0 Å². The van der Waals surface area contributed by atoms with Gasteiger partial charge in [-0.2, -0.15) is 5.10 Å². The second-order valence-corrected chi connectivity index (χ2v) is 4.37. The van der Waals surface area contributed by atoms with Crippen molar-refractivity contribution in [2.24, 2.45) is 5.73 Å². The molecule has 0 radical (unpaired) electrons. The molecule has 5 nitrogen and oxygen atoms in total. The van der Waals surface area contributed by atoms with E-state index in [0.29, 0.717) is 6.54 Å². The molecule has 0 aliphatic heterocycles. The molecule has 1 aromatic heterocycles. The maximum atomic E-state index is 6.26. The Hall–Kier alpha value is -2.01. The molecule has 1 heterocycles. The molecule has 0 saturated carbocycles. The zero-order valence-electron chi connectivity index (χ0n) is 11.5. The van der Waals surface area contributed by atoms with Gasteiger partial charge >= 0.3 is 0 Å². The van der Waals surface area contributed by atoms with Crippen molar-refractivity contribution in [3.63, 3.8) is 0 Å². The van der Waals surface area contributed by atoms with Crippen LogP contribution >= 0.6 is 0 Å². The van der Waals surface area contributed by atoms with E-state index >= 15 is 0 Å². The van der Waals surface area contributed by atoms with E-state index in [0.717, 1.165) is 22.8 Å². The predicted octanol–water partition coefficient (Wildman–Crippen LogP) is 1.91. The van der Waals surface area contributed by atoms with E-state index in [1.54, 1.807) is 20.4 Å². The number of aryl methyl sites for hydroxylation is 1. The summed E-state index contributed by atoms with van der Waals surface area (Å²) < 4.78 is 12.5. The van der Waals surface area contributed by atoms with Crippen LogP contribution in [0.5, 0.6) is 11.5 Å². The lowest BCUT2D eigenvalue weighted by Gasteiger charge is -2.17. The summed E-state index contributed by atoms with van der Waals surface area (Å²) in [5.41, 5.74) is 8.25. The third kappa shape index (κ3) is 2.88. The minimum atomic E-state index is -0.205. The van der Waals surface area contributed by atoms with Crippen LogP contribution in [0.25, 0.3) is 0 Å². The topological polar surface area (TPSA) is 62.3 Å². The van der Waals surface area contributed by atoms with E-state index in [4.69, 9.17) is 15.2 Å². The van der Waals surface area contributed by atoms with Crippen molar-refractivity contribution in [1.29, 1.82) is 0 Å². The van der Waals surface area contributed by atoms with Crippen LogP contribution < -0.4 is 15.2 Å². The molecular weight excluding hydrogens is 242 g/mol. The summed E-state index contributed by atoms with van der Waals surface area (Å²) in [5.74, 6) is 1.53. The molecule has 2 rings (SSSR count). The van der Waals surface area contributed by atoms with Gasteiger partial charge in [-0.3, -0.25) is 4.68 Å². The summed E-state index contributed by atoms with van der Waals surface area (Å²) in [6, 6.07) is 7.37. The molecule has 19 heavy (non-hydrogen) atoms. The number of benzene rings is 1. The Morgan fingerprint density at radius 3 is 2.63 bits per heavy atom. The molecule has 2 aromatic rings. The van der Waals surface area contributed by atoms with Crippen LogP contribution in [0.3, 0.4) is 0 Å². The minimum absolute atomic E-state index is 0.205. The first-order chi connectivity index (χ1) is 9.15. The molecule has 0 aliphatic carbocycles. The van der Waals surface area contributed by atoms with Gasteiger partial charge in [-0.15, -0.1) is 0 Å². The first-order valence-electron chi connectivity index (χ1n) is 6.11. The van der Waals surface area contributed by atoms with E-state index in [2.05, 4.69) is 5.10 Å². The highest BCUT2D eigenvalue weighted by atomic mass is 16.5. The molecule has 0 spiro atoms. The molecule has 102 valence electrons. The fourth-order valence-electron chi connectivity index (χ4n) is 2.00. The fourth-order valence-corrected chi connectivity index (χ4v) is 2.00. The standard InChI is InChI=1S/C14H19N3O2/c1-10-6-7-16-17(10)9-13(15)12-8-11(18-2)4-5-14(12)19-3/h4-8,13H,9,15H2,1-3H3. The molecule has 0 fully saturated rings. The van der Waals surface area contributed by atoms with Crippen LogP contribution in [-0.2, 0) is 6.54 Å². The van der Waals surface area contributed by atoms with Gasteiger partial charge in [0.05, 0.1) is 26.8 Å². The zero-order chi connectivity index (χ0) is 13.8. The minimum Gasteiger partial charge on any atom is -0.497 e. The van der Waals surface area contributed by atoms with E-state index < -0.39 is 0 Å². The van der Waals surface area contributed by atoms with Gasteiger partial charge in [0.1, 0.15) is 11.5 Å². The second kappa shape index (κ2) is 5.75. The van der Waals surface area contributed by atoms with Crippen molar-refractivity contribution >= 4 is 0 Å². The molecule has 0 saturated heterocycles. The monoisotopic (exact) mass is 261 g/mol. The summed E-state index contributed by atoms with van der Waals surface area (Å²) in [7, 11) is 3.27. The highest BCUT2D eigenvalue weighted by molar-refractivity contribution is 5.42. The quantitative estimate of drug-likeness (QED) is 0.893. The van der Waals surface area contributed by atoms with Gasteiger partial charge in [-0.25, -0.2) is 0 Å². The number of methoxy groups -OCH3 is 2. The van der Waals surface area contributed by atoms with Gasteiger partial charge in [-0.1, -0.05) is 0 Å². The lowest BCUT2D eigenvalue weighted by molar-refractivity contribution is 0.390. The summed E-state index contributed by atoms with van der Waals surface area (Å²) in [5, 5.41) is 4.24. The van der Waals surface area contributed by atoms with Crippen LogP contribution in [0.4, 0.5) is 0 Å². The number of hydrogen-bond acceptors (Lipinski definition) is 4. The van der Waals surface area contributed by atoms with Crippen LogP contribution in [0, 0.1) is 6.92 Å². The van der Waals surface area contributed by atoms with Gasteiger partial charge in [0.15, 0.2) is 0 Å². The van der Waals surface area contributed by atoms with Crippen molar-refractivity contribution in [2.45, 2.75) is 19.5 Å². The average molecular weight is 261 g/mol. The van der Waals surface area contributed by atoms with Gasteiger partial charge in [-0.05, 0) is 31.2 Å². The van der Waals surface area contributed by atoms with Gasteiger partial charge < -0.3 is 15.2 Å². The van der Waals surface area contributed by atoms with Gasteiger partial charge in [0, 0.05) is 17.5 Å². The molecule has 0 amide bonds. The van der Waals surface area contributed by atoms with Crippen LogP contribution in [0.15, 0.2) is 30.5 Å². The number of nitrogens with two attached hydrogens (primary N) is 1. The number of ether oxygens (including phenoxy) is 2. The Kier molecular flexibility index (Phi) is 4.06. The molecular formula is C14H19N3O2. The first kappa shape index (κ1) is 13.4. The summed E-state index contributed by atoms with van der Waals surface area (Å²) in [6.07, 6.45) is 1.77. The van der Waals surface area contributed by atoms with Gasteiger partial charge in [0.25, 0.3) is 0 Å². The fraction of sp³-hybridized carbons (Fsp3) is 0.357. The maximum absolute atomic E-state index is 6.26. The first-order valence-corrected chi connectivity index (χ1v) is 6.11. The number of aromatic nitrogens is 2. The summed E-state index contributed by atoms with van der Waals surface area (Å²) in [6.45, 7) is 2.60. The van der Waals surface area contributed by atoms with Crippen molar-refractivity contribution in [1.82, 2.24) is 9.78 Å². The maximum Gasteiger partial charge on any atom is 0.123 e. The molecule has 0 bridgehead atoms. The number of hydrogen-bond donors (Lipinski definition) is 1. The van der Waals surface area contributed by atoms with Crippen molar-refractivity contribution in [2.75, 3.05) is 14.2 Å². The van der Waals surface area contributed by atoms with E-state index in [1.165, 1.54) is 0 Å². The Labute approximate surface area is 112 Å². The van der Waals surface area contributed by atoms with Crippen molar-refractivity contribution in [3.8, 4) is 11.5 Å². The second-order valence-electron chi connectivity index (χ2n) is 4.37. The SMILES string of the molecule is COc1ccc(OC)c(C(N)Cn2nccc2C)c1. The van der Waals surface area contributed by atoms with Gasteiger partial charge in [0.2, 0.25) is 0 Å². The lowest BCUT2D eigenvalue weighted by Crippen LogP contribution is -2.20. The Morgan fingerprint density at radius 1 is 1.26 bits per heavy atom.